The van der Waals surface area contributed by atoms with Crippen molar-refractivity contribution in [3.63, 3.8) is 0 Å². The molecule has 2 bridgehead atoms. The average Bonchev–Trinajstić information content (AvgIpc) is 3.66. The Morgan fingerprint density at radius 2 is 1.70 bits per heavy atom. The Bertz CT molecular complexity index is 1930. The Hall–Kier alpha value is -3.06. The largest absolute Gasteiger partial charge is 0.573 e. The van der Waals surface area contributed by atoms with E-state index in [9.17, 15) is 33.6 Å². The van der Waals surface area contributed by atoms with Crippen molar-refractivity contribution >= 4 is 27.2 Å². The van der Waals surface area contributed by atoms with Gasteiger partial charge in [-0.05, 0) is 97.4 Å². The number of aliphatic hydroxyl groups is 4. The number of carbonyl (C=O) groups excluding carboxylic acids is 1. The third kappa shape index (κ3) is 5.75. The van der Waals surface area contributed by atoms with E-state index in [0.717, 1.165) is 34.9 Å². The maximum Gasteiger partial charge on any atom is 0.573 e. The quantitative estimate of drug-likeness (QED) is 0.126. The Kier molecular flexibility index (Phi) is 8.87. The Labute approximate surface area is 311 Å². The molecule has 9 rings (SSSR count). The number of rotatable bonds is 10. The van der Waals surface area contributed by atoms with Crippen LogP contribution in [-0.4, -0.2) is 75.0 Å². The summed E-state index contributed by atoms with van der Waals surface area (Å²) in [5, 5.41) is 45.4. The van der Waals surface area contributed by atoms with Gasteiger partial charge in [0.1, 0.15) is 5.75 Å². The highest BCUT2D eigenvalue weighted by atomic mass is 32.1. The minimum atomic E-state index is -4.81. The number of fused-ring (bicyclic) bond motifs is 2. The van der Waals surface area contributed by atoms with Crippen LogP contribution in [-0.2, 0) is 6.54 Å². The number of hydrogen-bond donors (Lipinski definition) is 4. The van der Waals surface area contributed by atoms with E-state index in [-0.39, 0.29) is 48.4 Å². The standard InChI is InChI=1S/C42H48F3NO6S/c1-37-14-11-28(48)20-39(37)17-18-41(31(21-39)36(50)33-19-27-5-3-4-6-32(27)53-33)34(37)12-15-38(2)35(41)13-16-40(38,51)25-46(23-29(49)24-47)22-26-7-9-30(10-8-26)52-42(43,44)45/h3-10,17-19,21,28-29,34-35,47-49,51H,11-16,20,22-25H2,1-2H3. The normalized spacial score (nSPS) is 36.6. The smallest absolute Gasteiger partial charge is 0.406 e. The summed E-state index contributed by atoms with van der Waals surface area (Å²) >= 11 is 1.51. The average molecular weight is 752 g/mol. The monoisotopic (exact) mass is 751 g/mol. The Balaban J connectivity index is 1.16. The van der Waals surface area contributed by atoms with Crippen molar-refractivity contribution in [3.05, 3.63) is 88.8 Å². The predicted molar refractivity (Wildman–Crippen MR) is 196 cm³/mol. The lowest BCUT2D eigenvalue weighted by molar-refractivity contribution is -0.274. The van der Waals surface area contributed by atoms with Gasteiger partial charge in [-0.15, -0.1) is 24.5 Å². The minimum Gasteiger partial charge on any atom is -0.406 e. The maximum absolute atomic E-state index is 15.0. The zero-order valence-electron chi connectivity index (χ0n) is 30.1. The van der Waals surface area contributed by atoms with Crippen LogP contribution in [0.25, 0.3) is 10.1 Å². The summed E-state index contributed by atoms with van der Waals surface area (Å²) in [6, 6.07) is 15.6. The van der Waals surface area contributed by atoms with Crippen LogP contribution in [0.1, 0.15) is 74.0 Å². The first-order valence-corrected chi connectivity index (χ1v) is 19.6. The third-order valence-electron chi connectivity index (χ3n) is 14.3. The first-order valence-electron chi connectivity index (χ1n) is 18.8. The van der Waals surface area contributed by atoms with Crippen molar-refractivity contribution in [2.24, 2.45) is 33.5 Å². The molecule has 6 aliphatic carbocycles. The molecule has 7 nitrogen and oxygen atoms in total. The van der Waals surface area contributed by atoms with Gasteiger partial charge in [-0.3, -0.25) is 9.69 Å². The van der Waals surface area contributed by atoms with E-state index in [2.05, 4.69) is 36.8 Å². The molecule has 1 heterocycles. The van der Waals surface area contributed by atoms with Crippen LogP contribution in [0.2, 0.25) is 0 Å². The molecule has 284 valence electrons. The summed E-state index contributed by atoms with van der Waals surface area (Å²) in [6.45, 7) is 4.46. The fraction of sp³-hybridized carbons (Fsp3) is 0.548. The molecule has 3 aromatic rings. The summed E-state index contributed by atoms with van der Waals surface area (Å²) in [5.41, 5.74) is -1.67. The molecule has 2 spiro atoms. The number of carbonyl (C=O) groups is 1. The number of benzene rings is 2. The van der Waals surface area contributed by atoms with Gasteiger partial charge in [0.2, 0.25) is 0 Å². The van der Waals surface area contributed by atoms with Gasteiger partial charge in [0.15, 0.2) is 5.78 Å². The number of ketones is 1. The van der Waals surface area contributed by atoms with Crippen LogP contribution in [0.3, 0.4) is 0 Å². The minimum absolute atomic E-state index is 0.0207. The molecular weight excluding hydrogens is 704 g/mol. The molecule has 9 atom stereocenters. The van der Waals surface area contributed by atoms with Crippen molar-refractivity contribution in [1.29, 1.82) is 0 Å². The van der Waals surface area contributed by atoms with Crippen LogP contribution in [0.5, 0.6) is 5.75 Å². The lowest BCUT2D eigenvalue weighted by Crippen LogP contribution is -2.67. The van der Waals surface area contributed by atoms with Gasteiger partial charge >= 0.3 is 6.36 Å². The zero-order chi connectivity index (χ0) is 37.6. The van der Waals surface area contributed by atoms with Crippen molar-refractivity contribution in [2.45, 2.75) is 89.5 Å². The maximum atomic E-state index is 15.0. The Morgan fingerprint density at radius 1 is 1.00 bits per heavy atom. The summed E-state index contributed by atoms with van der Waals surface area (Å²) < 4.78 is 43.5. The number of Topliss-reactive ketones (excluding diaryl/α,β-unsaturated/α-hetero) is 1. The second kappa shape index (κ2) is 12.7. The molecule has 1 aromatic heterocycles. The topological polar surface area (TPSA) is 110 Å². The molecule has 9 unspecified atom stereocenters. The lowest BCUT2D eigenvalue weighted by Gasteiger charge is -2.71. The van der Waals surface area contributed by atoms with E-state index >= 15 is 4.79 Å². The van der Waals surface area contributed by atoms with Crippen molar-refractivity contribution in [2.75, 3.05) is 19.7 Å². The Morgan fingerprint density at radius 3 is 2.42 bits per heavy atom. The lowest BCUT2D eigenvalue weighted by atomic mass is 9.32. The van der Waals surface area contributed by atoms with Crippen LogP contribution in [0, 0.1) is 33.5 Å². The summed E-state index contributed by atoms with van der Waals surface area (Å²) in [6.07, 6.45) is 5.25. The van der Waals surface area contributed by atoms with Crippen molar-refractivity contribution < 1.29 is 43.1 Å². The molecule has 4 N–H and O–H groups in total. The second-order valence-electron chi connectivity index (χ2n) is 17.0. The van der Waals surface area contributed by atoms with Gasteiger partial charge in [-0.25, -0.2) is 0 Å². The van der Waals surface area contributed by atoms with E-state index in [1.165, 1.54) is 35.6 Å². The van der Waals surface area contributed by atoms with E-state index in [0.29, 0.717) is 36.1 Å². The molecule has 0 saturated heterocycles. The summed E-state index contributed by atoms with van der Waals surface area (Å²) in [4.78, 5) is 17.6. The van der Waals surface area contributed by atoms with Gasteiger partial charge in [0, 0.05) is 46.2 Å². The van der Waals surface area contributed by atoms with Crippen LogP contribution in [0.15, 0.2) is 78.4 Å². The molecule has 0 aliphatic heterocycles. The number of thiophene rings is 1. The van der Waals surface area contributed by atoms with E-state index in [1.54, 1.807) is 0 Å². The molecule has 0 radical (unpaired) electrons. The van der Waals surface area contributed by atoms with Gasteiger partial charge < -0.3 is 25.2 Å². The fourth-order valence-electron chi connectivity index (χ4n) is 11.8. The molecule has 53 heavy (non-hydrogen) atoms. The second-order valence-corrected chi connectivity index (χ2v) is 18.1. The number of alkyl halides is 3. The highest BCUT2D eigenvalue weighted by Gasteiger charge is 2.74. The van der Waals surface area contributed by atoms with E-state index in [4.69, 9.17) is 0 Å². The number of aliphatic hydroxyl groups excluding tert-OH is 3. The number of nitrogens with zero attached hydrogens (tertiary/aromatic N) is 1. The summed E-state index contributed by atoms with van der Waals surface area (Å²) in [5.74, 6) is -0.260. The predicted octanol–water partition coefficient (Wildman–Crippen LogP) is 7.43. The van der Waals surface area contributed by atoms with Gasteiger partial charge in [-0.1, -0.05) is 62.4 Å². The van der Waals surface area contributed by atoms with E-state index < -0.39 is 47.0 Å². The van der Waals surface area contributed by atoms with Crippen LogP contribution < -0.4 is 4.74 Å². The van der Waals surface area contributed by atoms with Crippen LogP contribution in [0.4, 0.5) is 13.2 Å². The molecule has 2 aromatic carbocycles. The SMILES string of the molecule is CC12CCC(O)CC13C=CC1(C(C(=O)c4cc5ccccc5s4)=C3)C2CCC2(C)C1CCC2(O)CN(Cc1ccc(OC(F)(F)F)cc1)CC(O)CO. The van der Waals surface area contributed by atoms with Crippen molar-refractivity contribution in [1.82, 2.24) is 4.90 Å². The number of hydrogen-bond acceptors (Lipinski definition) is 8. The van der Waals surface area contributed by atoms with Gasteiger partial charge in [-0.2, -0.15) is 0 Å². The number of allylic oxidation sites excluding steroid dienone is 4. The van der Waals surface area contributed by atoms with Gasteiger partial charge in [0.05, 0.1) is 29.3 Å². The first kappa shape index (κ1) is 36.9. The van der Waals surface area contributed by atoms with E-state index in [1.807, 2.05) is 35.2 Å². The first-order chi connectivity index (χ1) is 25.0. The molecule has 6 aliphatic rings. The van der Waals surface area contributed by atoms with Crippen molar-refractivity contribution in [3.8, 4) is 5.75 Å². The molecule has 11 heteroatoms. The number of halogens is 3. The summed E-state index contributed by atoms with van der Waals surface area (Å²) in [7, 11) is 0. The molecule has 3 saturated carbocycles. The zero-order valence-corrected chi connectivity index (χ0v) is 30.9. The molecule has 0 amide bonds. The molecule has 3 fully saturated rings. The van der Waals surface area contributed by atoms with Gasteiger partial charge in [0.25, 0.3) is 0 Å². The molecular formula is C42H48F3NO6S. The fourth-order valence-corrected chi connectivity index (χ4v) is 12.8. The number of ether oxygens (including phenoxy) is 1. The van der Waals surface area contributed by atoms with Crippen LogP contribution >= 0.6 is 11.3 Å². The third-order valence-corrected chi connectivity index (χ3v) is 15.4. The highest BCUT2D eigenvalue weighted by Crippen LogP contribution is 2.78. The highest BCUT2D eigenvalue weighted by molar-refractivity contribution is 7.21.